The van der Waals surface area contributed by atoms with Gasteiger partial charge in [-0.25, -0.2) is 0 Å². The highest BCUT2D eigenvalue weighted by Gasteiger charge is 2.33. The minimum atomic E-state index is -4.46. The fraction of sp³-hybridized carbons (Fsp3) is 0.308. The molecule has 1 aromatic carbocycles. The third kappa shape index (κ3) is 2.87. The molecule has 0 radical (unpaired) electrons. The van der Waals surface area contributed by atoms with E-state index in [0.717, 1.165) is 11.6 Å². The van der Waals surface area contributed by atoms with Crippen LogP contribution < -0.4 is 11.1 Å². The number of nitrogen functional groups attached to an aromatic ring is 1. The van der Waals surface area contributed by atoms with Gasteiger partial charge in [-0.2, -0.15) is 13.2 Å². The van der Waals surface area contributed by atoms with Crippen LogP contribution in [0.15, 0.2) is 22.7 Å². The fourth-order valence-electron chi connectivity index (χ4n) is 1.89. The van der Waals surface area contributed by atoms with Crippen LogP contribution in [0.4, 0.5) is 24.5 Å². The third-order valence-electron chi connectivity index (χ3n) is 2.99. The van der Waals surface area contributed by atoms with Crippen LogP contribution in [-0.2, 0) is 12.7 Å². The second-order valence-corrected chi connectivity index (χ2v) is 4.46. The van der Waals surface area contributed by atoms with Crippen molar-refractivity contribution in [3.63, 3.8) is 0 Å². The Hall–Kier alpha value is -2.18. The Morgan fingerprint density at radius 2 is 2.00 bits per heavy atom. The Balaban J connectivity index is 2.26. The predicted molar refractivity (Wildman–Crippen MR) is 69.2 cm³/mol. The lowest BCUT2D eigenvalue weighted by atomic mass is 10.1. The van der Waals surface area contributed by atoms with Gasteiger partial charge >= 0.3 is 6.18 Å². The van der Waals surface area contributed by atoms with E-state index in [2.05, 4.69) is 10.5 Å². The molecule has 0 aliphatic rings. The quantitative estimate of drug-likeness (QED) is 0.847. The summed E-state index contributed by atoms with van der Waals surface area (Å²) in [5.74, 6) is 0.582. The van der Waals surface area contributed by atoms with Crippen molar-refractivity contribution in [1.82, 2.24) is 5.16 Å². The largest absolute Gasteiger partial charge is 0.418 e. The van der Waals surface area contributed by atoms with Gasteiger partial charge in [-0.05, 0) is 32.0 Å². The van der Waals surface area contributed by atoms with Crippen LogP contribution in [0, 0.1) is 13.8 Å². The number of alkyl halides is 3. The van der Waals surface area contributed by atoms with Gasteiger partial charge in [0.15, 0.2) is 0 Å². The van der Waals surface area contributed by atoms with Gasteiger partial charge in [0.1, 0.15) is 5.76 Å². The van der Waals surface area contributed by atoms with Gasteiger partial charge in [0, 0.05) is 23.5 Å². The van der Waals surface area contributed by atoms with Crippen molar-refractivity contribution in [2.24, 2.45) is 0 Å². The maximum absolute atomic E-state index is 12.9. The molecule has 7 heteroatoms. The average molecular weight is 285 g/mol. The number of aryl methyl sites for hydroxylation is 2. The lowest BCUT2D eigenvalue weighted by Crippen LogP contribution is -2.12. The van der Waals surface area contributed by atoms with Gasteiger partial charge in [0.2, 0.25) is 0 Å². The molecule has 3 N–H and O–H groups in total. The van der Waals surface area contributed by atoms with E-state index in [-0.39, 0.29) is 17.9 Å². The Labute approximate surface area is 113 Å². The molecule has 0 fully saturated rings. The Bertz CT molecular complexity index is 600. The summed E-state index contributed by atoms with van der Waals surface area (Å²) in [6.45, 7) is 3.65. The number of hydrogen-bond acceptors (Lipinski definition) is 4. The average Bonchev–Trinajstić information content (AvgIpc) is 2.67. The van der Waals surface area contributed by atoms with E-state index in [9.17, 15) is 13.2 Å². The summed E-state index contributed by atoms with van der Waals surface area (Å²) in [6.07, 6.45) is -4.46. The van der Waals surface area contributed by atoms with E-state index in [1.807, 2.05) is 0 Å². The van der Waals surface area contributed by atoms with Crippen LogP contribution in [0.1, 0.15) is 22.6 Å². The molecular formula is C13H14F3N3O. The summed E-state index contributed by atoms with van der Waals surface area (Å²) in [5, 5.41) is 6.51. The number of nitrogens with zero attached hydrogens (tertiary/aromatic N) is 1. The molecule has 0 atom stereocenters. The van der Waals surface area contributed by atoms with E-state index in [1.54, 1.807) is 13.8 Å². The summed E-state index contributed by atoms with van der Waals surface area (Å²) in [5.41, 5.74) is 6.07. The van der Waals surface area contributed by atoms with Crippen molar-refractivity contribution in [1.29, 1.82) is 0 Å². The van der Waals surface area contributed by atoms with Crippen molar-refractivity contribution < 1.29 is 17.7 Å². The predicted octanol–water partition coefficient (Wildman–Crippen LogP) is 3.50. The highest BCUT2D eigenvalue weighted by Crippen LogP contribution is 2.36. The minimum Gasteiger partial charge on any atom is -0.399 e. The van der Waals surface area contributed by atoms with Crippen LogP contribution in [0.3, 0.4) is 0 Å². The topological polar surface area (TPSA) is 64.1 Å². The number of rotatable bonds is 3. The van der Waals surface area contributed by atoms with Gasteiger partial charge in [0.25, 0.3) is 0 Å². The highest BCUT2D eigenvalue weighted by molar-refractivity contribution is 5.59. The van der Waals surface area contributed by atoms with E-state index in [4.69, 9.17) is 10.3 Å². The first-order valence-electron chi connectivity index (χ1n) is 5.91. The first-order chi connectivity index (χ1) is 9.29. The first kappa shape index (κ1) is 14.2. The summed E-state index contributed by atoms with van der Waals surface area (Å²) in [4.78, 5) is 0. The summed E-state index contributed by atoms with van der Waals surface area (Å²) >= 11 is 0. The molecule has 0 saturated carbocycles. The minimum absolute atomic E-state index is 0.0216. The van der Waals surface area contributed by atoms with Gasteiger partial charge in [-0.3, -0.25) is 0 Å². The van der Waals surface area contributed by atoms with Crippen molar-refractivity contribution in [2.45, 2.75) is 26.6 Å². The maximum Gasteiger partial charge on any atom is 0.418 e. The van der Waals surface area contributed by atoms with Crippen molar-refractivity contribution in [3.05, 3.63) is 40.8 Å². The van der Waals surface area contributed by atoms with Gasteiger partial charge in [-0.15, -0.1) is 0 Å². The molecule has 2 aromatic rings. The molecule has 20 heavy (non-hydrogen) atoms. The number of halogens is 3. The molecule has 4 nitrogen and oxygen atoms in total. The molecule has 108 valence electrons. The molecule has 1 aromatic heterocycles. The number of aromatic nitrogens is 1. The lowest BCUT2D eigenvalue weighted by Gasteiger charge is -2.15. The lowest BCUT2D eigenvalue weighted by molar-refractivity contribution is -0.136. The monoisotopic (exact) mass is 285 g/mol. The van der Waals surface area contributed by atoms with Crippen LogP contribution in [-0.4, -0.2) is 5.16 Å². The zero-order valence-corrected chi connectivity index (χ0v) is 11.0. The number of benzene rings is 1. The van der Waals surface area contributed by atoms with E-state index >= 15 is 0 Å². The van der Waals surface area contributed by atoms with Crippen molar-refractivity contribution in [2.75, 3.05) is 11.1 Å². The van der Waals surface area contributed by atoms with Crippen LogP contribution in [0.5, 0.6) is 0 Å². The molecule has 0 aliphatic carbocycles. The number of nitrogens with one attached hydrogen (secondary N) is 1. The molecule has 1 heterocycles. The van der Waals surface area contributed by atoms with Crippen LogP contribution in [0.25, 0.3) is 0 Å². The standard InChI is InChI=1S/C13H14F3N3O/c1-7-10(8(2)20-19-7)6-18-12-4-3-9(17)5-11(12)13(14,15)16/h3-5,18H,6,17H2,1-2H3. The normalized spacial score (nSPS) is 11.7. The zero-order valence-electron chi connectivity index (χ0n) is 11.0. The summed E-state index contributed by atoms with van der Waals surface area (Å²) in [7, 11) is 0. The van der Waals surface area contributed by atoms with E-state index in [0.29, 0.717) is 11.5 Å². The number of anilines is 2. The zero-order chi connectivity index (χ0) is 14.9. The second-order valence-electron chi connectivity index (χ2n) is 4.46. The Kier molecular flexibility index (Phi) is 3.61. The van der Waals surface area contributed by atoms with Gasteiger partial charge < -0.3 is 15.6 Å². The molecule has 0 spiro atoms. The molecule has 0 saturated heterocycles. The molecule has 0 bridgehead atoms. The van der Waals surface area contributed by atoms with Gasteiger partial charge in [0.05, 0.1) is 11.3 Å². The Morgan fingerprint density at radius 1 is 1.30 bits per heavy atom. The molecule has 0 unspecified atom stereocenters. The molecular weight excluding hydrogens is 271 g/mol. The van der Waals surface area contributed by atoms with E-state index < -0.39 is 11.7 Å². The second kappa shape index (κ2) is 5.07. The summed E-state index contributed by atoms with van der Waals surface area (Å²) in [6, 6.07) is 3.65. The van der Waals surface area contributed by atoms with E-state index in [1.165, 1.54) is 12.1 Å². The number of hydrogen-bond donors (Lipinski definition) is 2. The van der Waals surface area contributed by atoms with Crippen LogP contribution in [0.2, 0.25) is 0 Å². The smallest absolute Gasteiger partial charge is 0.399 e. The molecule has 0 aliphatic heterocycles. The van der Waals surface area contributed by atoms with Crippen molar-refractivity contribution >= 4 is 11.4 Å². The fourth-order valence-corrected chi connectivity index (χ4v) is 1.89. The Morgan fingerprint density at radius 3 is 2.55 bits per heavy atom. The number of nitrogens with two attached hydrogens (primary N) is 1. The third-order valence-corrected chi connectivity index (χ3v) is 2.99. The SMILES string of the molecule is Cc1noc(C)c1CNc1ccc(N)cc1C(F)(F)F. The first-order valence-corrected chi connectivity index (χ1v) is 5.91. The highest BCUT2D eigenvalue weighted by atomic mass is 19.4. The summed E-state index contributed by atoms with van der Waals surface area (Å²) < 4.78 is 43.7. The molecule has 2 rings (SSSR count). The van der Waals surface area contributed by atoms with Crippen LogP contribution >= 0.6 is 0 Å². The van der Waals surface area contributed by atoms with Gasteiger partial charge in [-0.1, -0.05) is 5.16 Å². The van der Waals surface area contributed by atoms with Crippen molar-refractivity contribution in [3.8, 4) is 0 Å². The molecule has 0 amide bonds. The maximum atomic E-state index is 12.9.